The number of carbonyl (C=O) groups is 6. The van der Waals surface area contributed by atoms with Crippen molar-refractivity contribution < 1.29 is 37.9 Å². The quantitative estimate of drug-likeness (QED) is 0.139. The van der Waals surface area contributed by atoms with Crippen LogP contribution in [0.5, 0.6) is 0 Å². The fraction of sp³-hybridized carbons (Fsp3) is 0.400. The van der Waals surface area contributed by atoms with Gasteiger partial charge in [-0.1, -0.05) is 60.7 Å². The molecule has 5 atom stereocenters. The van der Waals surface area contributed by atoms with Crippen LogP contribution < -0.4 is 21.3 Å². The molecule has 2 fully saturated rings. The zero-order valence-corrected chi connectivity index (χ0v) is 36.8. The van der Waals surface area contributed by atoms with Crippen molar-refractivity contribution in [3.05, 3.63) is 110 Å². The van der Waals surface area contributed by atoms with Crippen LogP contribution in [0.25, 0.3) is 11.6 Å². The first kappa shape index (κ1) is 44.1. The van der Waals surface area contributed by atoms with Crippen LogP contribution in [-0.2, 0) is 32.1 Å². The lowest BCUT2D eigenvalue weighted by molar-refractivity contribution is -0.134. The van der Waals surface area contributed by atoms with Gasteiger partial charge in [0.2, 0.25) is 23.6 Å². The molecule has 334 valence electrons. The number of hydrogen-bond acceptors (Lipinski definition) is 13. The predicted octanol–water partition coefficient (Wildman–Crippen LogP) is 5.34. The highest BCUT2D eigenvalue weighted by atomic mass is 32.1. The Kier molecular flexibility index (Phi) is 14.0. The lowest BCUT2D eigenvalue weighted by Crippen LogP contribution is -2.53. The lowest BCUT2D eigenvalue weighted by Gasteiger charge is -2.28. The Morgan fingerprint density at radius 1 is 0.766 bits per heavy atom. The number of carbonyl (C=O) groups excluding carboxylic acids is 6. The van der Waals surface area contributed by atoms with E-state index in [0.29, 0.717) is 60.9 Å². The Morgan fingerprint density at radius 3 is 2.23 bits per heavy atom. The average Bonchev–Trinajstić information content (AvgIpc) is 4.16. The van der Waals surface area contributed by atoms with Crippen molar-refractivity contribution in [2.24, 2.45) is 0 Å². The van der Waals surface area contributed by atoms with Crippen LogP contribution in [0.4, 0.5) is 4.79 Å². The standard InChI is InChI=1S/C45H49N9O8S2/c1-27-41-51-33(25-63-41)38(56)49-31(22-28-12-4-2-5-13-28)43(58)54-21-11-18-36(54)42-52-34(26-64-42)40-50-32(24-61-40)44(59)53-20-10-17-35(53)39(57)48-30(37(55)47-27)16-8-9-19-46-45(60)62-23-29-14-6-3-7-15-29/h2-7,12-15,24-27,30-31,35-36H,8-11,16-23H2,1H3,(H,46,60)(H,47,55)(H,48,57)(H,49,56)/t27-,30-,31+,35-,36-/m0/s1. The monoisotopic (exact) mass is 907 g/mol. The number of alkyl carbamates (subject to hydrolysis) is 1. The van der Waals surface area contributed by atoms with E-state index in [2.05, 4.69) is 31.2 Å². The molecule has 2 saturated heterocycles. The number of oxazole rings is 1. The van der Waals surface area contributed by atoms with Gasteiger partial charge in [-0.15, -0.1) is 22.7 Å². The molecule has 4 N–H and O–H groups in total. The fourth-order valence-corrected chi connectivity index (χ4v) is 9.91. The topological polar surface area (TPSA) is 218 Å². The minimum Gasteiger partial charge on any atom is -0.445 e. The van der Waals surface area contributed by atoms with Crippen LogP contribution in [-0.4, -0.2) is 98.1 Å². The van der Waals surface area contributed by atoms with E-state index in [1.165, 1.54) is 33.8 Å². The van der Waals surface area contributed by atoms with Crippen LogP contribution in [0.3, 0.4) is 0 Å². The molecule has 6 amide bonds. The third-order valence-corrected chi connectivity index (χ3v) is 13.5. The minimum atomic E-state index is -1.01. The van der Waals surface area contributed by atoms with Crippen LogP contribution in [0.2, 0.25) is 0 Å². The van der Waals surface area contributed by atoms with Crippen molar-refractivity contribution in [2.75, 3.05) is 19.6 Å². The Hall–Kier alpha value is -6.47. The third-order valence-electron chi connectivity index (χ3n) is 11.5. The highest BCUT2D eigenvalue weighted by Gasteiger charge is 2.39. The molecule has 64 heavy (non-hydrogen) atoms. The number of amides is 6. The number of thiazole rings is 2. The summed E-state index contributed by atoms with van der Waals surface area (Å²) >= 11 is 2.54. The minimum absolute atomic E-state index is 0.0107. The van der Waals surface area contributed by atoms with E-state index in [0.717, 1.165) is 17.5 Å². The smallest absolute Gasteiger partial charge is 0.407 e. The van der Waals surface area contributed by atoms with Crippen LogP contribution in [0, 0.1) is 0 Å². The molecule has 6 heterocycles. The molecule has 0 aliphatic carbocycles. The lowest BCUT2D eigenvalue weighted by atomic mass is 10.0. The summed E-state index contributed by atoms with van der Waals surface area (Å²) in [4.78, 5) is 99.7. The van der Waals surface area contributed by atoms with E-state index in [1.54, 1.807) is 22.6 Å². The van der Waals surface area contributed by atoms with Gasteiger partial charge in [0.1, 0.15) is 52.4 Å². The number of hydrogen-bond donors (Lipinski definition) is 4. The van der Waals surface area contributed by atoms with E-state index in [-0.39, 0.29) is 55.2 Å². The molecule has 19 heteroatoms. The van der Waals surface area contributed by atoms with Crippen molar-refractivity contribution in [1.82, 2.24) is 46.0 Å². The first-order valence-corrected chi connectivity index (χ1v) is 23.3. The molecule has 5 aromatic rings. The predicted molar refractivity (Wildman–Crippen MR) is 236 cm³/mol. The number of rotatable bonds is 9. The Balaban J connectivity index is 1.03. The molecule has 0 unspecified atom stereocenters. The zero-order chi connectivity index (χ0) is 44.6. The van der Waals surface area contributed by atoms with Gasteiger partial charge < -0.3 is 40.2 Å². The first-order valence-electron chi connectivity index (χ1n) is 21.5. The molecule has 3 aromatic heterocycles. The molecule has 2 aromatic carbocycles. The van der Waals surface area contributed by atoms with Gasteiger partial charge in [0.25, 0.3) is 11.8 Å². The SMILES string of the molecule is C[C@@H]1NC(=O)[C@H](CCCCNC(=O)OCc2ccccc2)NC(=O)[C@@H]2CCCN2C(=O)c2coc(n2)-c2csc(n2)[C@@H]2CCCN2C(=O)[C@@H](Cc2ccccc2)NC(=O)c2csc1n2. The second-order valence-corrected chi connectivity index (χ2v) is 17.8. The molecule has 8 rings (SSSR count). The van der Waals surface area contributed by atoms with Crippen molar-refractivity contribution in [2.45, 2.75) is 95.1 Å². The van der Waals surface area contributed by atoms with Crippen molar-refractivity contribution in [3.63, 3.8) is 0 Å². The van der Waals surface area contributed by atoms with Crippen LogP contribution in [0.1, 0.15) is 106 Å². The molecule has 6 bridgehead atoms. The molecule has 0 radical (unpaired) electrons. The second kappa shape index (κ2) is 20.4. The number of unbranched alkanes of at least 4 members (excludes halogenated alkanes) is 1. The van der Waals surface area contributed by atoms with Gasteiger partial charge in [-0.2, -0.15) is 0 Å². The maximum absolute atomic E-state index is 14.4. The van der Waals surface area contributed by atoms with Gasteiger partial charge in [0.05, 0.1) is 12.1 Å². The Bertz CT molecular complexity index is 2460. The summed E-state index contributed by atoms with van der Waals surface area (Å²) in [6.07, 6.45) is 4.42. The van der Waals surface area contributed by atoms with Gasteiger partial charge in [-0.05, 0) is 63.0 Å². The Morgan fingerprint density at radius 2 is 1.45 bits per heavy atom. The molecule has 17 nitrogen and oxygen atoms in total. The summed E-state index contributed by atoms with van der Waals surface area (Å²) in [5, 5.41) is 16.0. The number of nitrogens with zero attached hydrogens (tertiary/aromatic N) is 5. The summed E-state index contributed by atoms with van der Waals surface area (Å²) in [7, 11) is 0. The summed E-state index contributed by atoms with van der Waals surface area (Å²) < 4.78 is 11.1. The number of nitrogens with one attached hydrogen (secondary N) is 4. The number of fused-ring (bicyclic) bond motifs is 10. The highest BCUT2D eigenvalue weighted by Crippen LogP contribution is 2.36. The van der Waals surface area contributed by atoms with Gasteiger partial charge in [0.15, 0.2) is 5.69 Å². The number of ether oxygens (including phenoxy) is 1. The zero-order valence-electron chi connectivity index (χ0n) is 35.2. The van der Waals surface area contributed by atoms with Gasteiger partial charge in [-0.3, -0.25) is 24.0 Å². The average molecular weight is 908 g/mol. The third kappa shape index (κ3) is 10.5. The maximum atomic E-state index is 14.4. The van der Waals surface area contributed by atoms with Gasteiger partial charge in [-0.25, -0.2) is 19.7 Å². The van der Waals surface area contributed by atoms with E-state index in [1.807, 2.05) is 60.7 Å². The molecule has 0 saturated carbocycles. The molecule has 3 aliphatic rings. The van der Waals surface area contributed by atoms with Gasteiger partial charge in [0, 0.05) is 36.8 Å². The molecule has 3 aliphatic heterocycles. The second-order valence-electron chi connectivity index (χ2n) is 16.0. The molecule has 0 spiro atoms. The first-order chi connectivity index (χ1) is 31.1. The number of aromatic nitrogens is 3. The van der Waals surface area contributed by atoms with Crippen LogP contribution >= 0.6 is 22.7 Å². The normalized spacial score (nSPS) is 21.9. The number of benzene rings is 2. The van der Waals surface area contributed by atoms with E-state index < -0.39 is 53.9 Å². The van der Waals surface area contributed by atoms with E-state index >= 15 is 0 Å². The van der Waals surface area contributed by atoms with Crippen molar-refractivity contribution >= 4 is 58.3 Å². The maximum Gasteiger partial charge on any atom is 0.407 e. The largest absolute Gasteiger partial charge is 0.445 e. The van der Waals surface area contributed by atoms with Crippen molar-refractivity contribution in [3.8, 4) is 11.6 Å². The highest BCUT2D eigenvalue weighted by molar-refractivity contribution is 7.10. The summed E-state index contributed by atoms with van der Waals surface area (Å²) in [6, 6.07) is 15.0. The molecular weight excluding hydrogens is 859 g/mol. The van der Waals surface area contributed by atoms with Gasteiger partial charge >= 0.3 is 6.09 Å². The van der Waals surface area contributed by atoms with E-state index in [4.69, 9.17) is 14.1 Å². The summed E-state index contributed by atoms with van der Waals surface area (Å²) in [5.74, 6) is -2.13. The summed E-state index contributed by atoms with van der Waals surface area (Å²) in [5.41, 5.74) is 2.23. The Labute approximate surface area is 377 Å². The fourth-order valence-electron chi connectivity index (χ4n) is 8.17. The van der Waals surface area contributed by atoms with E-state index in [9.17, 15) is 28.8 Å². The van der Waals surface area contributed by atoms with Crippen LogP contribution in [0.15, 0.2) is 82.1 Å². The summed E-state index contributed by atoms with van der Waals surface area (Å²) in [6.45, 7) is 2.91. The molecular formula is C45H49N9O8S2. The van der Waals surface area contributed by atoms with Crippen molar-refractivity contribution in [1.29, 1.82) is 0 Å².